The molecule has 5 heteroatoms. The number of hydrogen-bond donors (Lipinski definition) is 1. The van der Waals surface area contributed by atoms with E-state index in [2.05, 4.69) is 4.90 Å². The van der Waals surface area contributed by atoms with Gasteiger partial charge in [0.05, 0.1) is 18.1 Å². The SMILES string of the molecule is CC1CS(=O)(=O)CCN1c1ccccc1CO. The lowest BCUT2D eigenvalue weighted by Crippen LogP contribution is -2.47. The number of anilines is 1. The molecule has 1 aliphatic rings. The Morgan fingerprint density at radius 3 is 2.76 bits per heavy atom. The van der Waals surface area contributed by atoms with E-state index in [1.807, 2.05) is 31.2 Å². The standard InChI is InChI=1S/C12H17NO3S/c1-10-9-17(15,16)7-6-13(10)12-5-3-2-4-11(12)8-14/h2-5,10,14H,6-9H2,1H3. The molecule has 4 nitrogen and oxygen atoms in total. The molecule has 0 aromatic heterocycles. The van der Waals surface area contributed by atoms with E-state index >= 15 is 0 Å². The van der Waals surface area contributed by atoms with Gasteiger partial charge in [-0.25, -0.2) is 8.42 Å². The molecule has 0 bridgehead atoms. The Hall–Kier alpha value is -1.07. The summed E-state index contributed by atoms with van der Waals surface area (Å²) in [6.45, 7) is 2.39. The quantitative estimate of drug-likeness (QED) is 0.849. The highest BCUT2D eigenvalue weighted by Gasteiger charge is 2.28. The molecule has 1 aromatic rings. The summed E-state index contributed by atoms with van der Waals surface area (Å²) < 4.78 is 23.0. The number of nitrogens with zero attached hydrogens (tertiary/aromatic N) is 1. The van der Waals surface area contributed by atoms with Crippen molar-refractivity contribution in [3.63, 3.8) is 0 Å². The van der Waals surface area contributed by atoms with Crippen molar-refractivity contribution in [1.82, 2.24) is 0 Å². The minimum absolute atomic E-state index is 0.0217. The second-order valence-corrected chi connectivity index (χ2v) is 6.67. The van der Waals surface area contributed by atoms with Gasteiger partial charge in [-0.2, -0.15) is 0 Å². The molecular formula is C12H17NO3S. The predicted molar refractivity (Wildman–Crippen MR) is 67.8 cm³/mol. The van der Waals surface area contributed by atoms with Crippen molar-refractivity contribution in [2.75, 3.05) is 23.0 Å². The van der Waals surface area contributed by atoms with E-state index in [0.717, 1.165) is 11.3 Å². The van der Waals surface area contributed by atoms with Crippen LogP contribution in [0.15, 0.2) is 24.3 Å². The summed E-state index contributed by atoms with van der Waals surface area (Å²) >= 11 is 0. The molecule has 0 radical (unpaired) electrons. The van der Waals surface area contributed by atoms with Crippen molar-refractivity contribution in [3.8, 4) is 0 Å². The van der Waals surface area contributed by atoms with Crippen molar-refractivity contribution in [2.24, 2.45) is 0 Å². The highest BCUT2D eigenvalue weighted by Crippen LogP contribution is 2.25. The van der Waals surface area contributed by atoms with Crippen LogP contribution in [-0.2, 0) is 16.4 Å². The molecule has 0 aliphatic carbocycles. The lowest BCUT2D eigenvalue weighted by atomic mass is 10.1. The first kappa shape index (κ1) is 12.4. The summed E-state index contributed by atoms with van der Waals surface area (Å²) in [6, 6.07) is 7.54. The molecule has 17 heavy (non-hydrogen) atoms. The first-order valence-corrected chi connectivity index (χ1v) is 7.51. The number of aliphatic hydroxyl groups excluding tert-OH is 1. The largest absolute Gasteiger partial charge is 0.392 e. The van der Waals surface area contributed by atoms with Crippen molar-refractivity contribution in [2.45, 2.75) is 19.6 Å². The van der Waals surface area contributed by atoms with E-state index in [0.29, 0.717) is 6.54 Å². The van der Waals surface area contributed by atoms with Crippen LogP contribution in [0.1, 0.15) is 12.5 Å². The highest BCUT2D eigenvalue weighted by atomic mass is 32.2. The van der Waals surface area contributed by atoms with Gasteiger partial charge in [-0.3, -0.25) is 0 Å². The number of rotatable bonds is 2. The van der Waals surface area contributed by atoms with Gasteiger partial charge >= 0.3 is 0 Å². The lowest BCUT2D eigenvalue weighted by Gasteiger charge is -2.36. The van der Waals surface area contributed by atoms with Crippen LogP contribution in [0.4, 0.5) is 5.69 Å². The van der Waals surface area contributed by atoms with Crippen LogP contribution in [0.3, 0.4) is 0 Å². The maximum Gasteiger partial charge on any atom is 0.154 e. The fourth-order valence-corrected chi connectivity index (χ4v) is 3.84. The minimum Gasteiger partial charge on any atom is -0.392 e. The van der Waals surface area contributed by atoms with Crippen molar-refractivity contribution >= 4 is 15.5 Å². The monoisotopic (exact) mass is 255 g/mol. The van der Waals surface area contributed by atoms with Crippen LogP contribution in [0.25, 0.3) is 0 Å². The first-order chi connectivity index (χ1) is 8.03. The van der Waals surface area contributed by atoms with Crippen LogP contribution >= 0.6 is 0 Å². The molecule has 1 aliphatic heterocycles. The number of sulfone groups is 1. The minimum atomic E-state index is -2.90. The van der Waals surface area contributed by atoms with Gasteiger partial charge in [-0.1, -0.05) is 18.2 Å². The molecular weight excluding hydrogens is 238 g/mol. The van der Waals surface area contributed by atoms with E-state index in [1.54, 1.807) is 0 Å². The topological polar surface area (TPSA) is 57.6 Å². The van der Waals surface area contributed by atoms with Gasteiger partial charge in [-0.15, -0.1) is 0 Å². The Labute approximate surface area is 102 Å². The second kappa shape index (κ2) is 4.66. The van der Waals surface area contributed by atoms with Crippen molar-refractivity contribution in [3.05, 3.63) is 29.8 Å². The fourth-order valence-electron chi connectivity index (χ4n) is 2.28. The van der Waals surface area contributed by atoms with E-state index < -0.39 is 9.84 Å². The summed E-state index contributed by atoms with van der Waals surface area (Å²) in [5.74, 6) is 0.379. The molecule has 0 saturated carbocycles. The van der Waals surface area contributed by atoms with E-state index in [-0.39, 0.29) is 24.2 Å². The average molecular weight is 255 g/mol. The Morgan fingerprint density at radius 1 is 1.41 bits per heavy atom. The zero-order valence-corrected chi connectivity index (χ0v) is 10.7. The molecule has 94 valence electrons. The Kier molecular flexibility index (Phi) is 3.40. The van der Waals surface area contributed by atoms with Crippen LogP contribution in [0.5, 0.6) is 0 Å². The summed E-state index contributed by atoms with van der Waals surface area (Å²) in [4.78, 5) is 2.06. The van der Waals surface area contributed by atoms with Crippen LogP contribution in [0, 0.1) is 0 Å². The van der Waals surface area contributed by atoms with Gasteiger partial charge in [0.2, 0.25) is 0 Å². The third-order valence-electron chi connectivity index (χ3n) is 3.14. The van der Waals surface area contributed by atoms with Crippen LogP contribution in [0.2, 0.25) is 0 Å². The van der Waals surface area contributed by atoms with Crippen LogP contribution < -0.4 is 4.90 Å². The van der Waals surface area contributed by atoms with Crippen LogP contribution in [-0.4, -0.2) is 37.6 Å². The van der Waals surface area contributed by atoms with E-state index in [4.69, 9.17) is 0 Å². The number of benzene rings is 1. The zero-order chi connectivity index (χ0) is 12.5. The molecule has 1 atom stereocenters. The van der Waals surface area contributed by atoms with Gasteiger partial charge in [0.1, 0.15) is 0 Å². The van der Waals surface area contributed by atoms with Crippen molar-refractivity contribution in [1.29, 1.82) is 0 Å². The summed E-state index contributed by atoms with van der Waals surface area (Å²) in [5, 5.41) is 9.29. The molecule has 1 saturated heterocycles. The molecule has 2 rings (SSSR count). The van der Waals surface area contributed by atoms with Gasteiger partial charge in [0, 0.05) is 23.8 Å². The molecule has 1 aromatic carbocycles. The van der Waals surface area contributed by atoms with Gasteiger partial charge in [0.15, 0.2) is 9.84 Å². The van der Waals surface area contributed by atoms with E-state index in [1.165, 1.54) is 0 Å². The second-order valence-electron chi connectivity index (χ2n) is 4.44. The normalized spacial score (nSPS) is 23.6. The van der Waals surface area contributed by atoms with Gasteiger partial charge in [-0.05, 0) is 13.0 Å². The number of hydrogen-bond acceptors (Lipinski definition) is 4. The molecule has 1 N–H and O–H groups in total. The highest BCUT2D eigenvalue weighted by molar-refractivity contribution is 7.91. The fraction of sp³-hybridized carbons (Fsp3) is 0.500. The van der Waals surface area contributed by atoms with E-state index in [9.17, 15) is 13.5 Å². The lowest BCUT2D eigenvalue weighted by molar-refractivity contribution is 0.282. The molecule has 0 amide bonds. The molecule has 1 unspecified atom stereocenters. The molecule has 0 spiro atoms. The first-order valence-electron chi connectivity index (χ1n) is 5.69. The third kappa shape index (κ3) is 2.61. The Balaban J connectivity index is 2.29. The van der Waals surface area contributed by atoms with Gasteiger partial charge < -0.3 is 10.0 Å². The smallest absolute Gasteiger partial charge is 0.154 e. The average Bonchev–Trinajstić information content (AvgIpc) is 2.28. The summed E-state index contributed by atoms with van der Waals surface area (Å²) in [5.41, 5.74) is 1.79. The Bertz CT molecular complexity index is 498. The number of para-hydroxylation sites is 1. The maximum absolute atomic E-state index is 11.5. The zero-order valence-electron chi connectivity index (χ0n) is 9.83. The van der Waals surface area contributed by atoms with Gasteiger partial charge in [0.25, 0.3) is 0 Å². The predicted octanol–water partition coefficient (Wildman–Crippen LogP) is 0.802. The summed E-state index contributed by atoms with van der Waals surface area (Å²) in [6.07, 6.45) is 0. The number of aliphatic hydroxyl groups is 1. The third-order valence-corrected chi connectivity index (χ3v) is 4.94. The summed E-state index contributed by atoms with van der Waals surface area (Å²) in [7, 11) is -2.90. The Morgan fingerprint density at radius 2 is 2.12 bits per heavy atom. The molecule has 1 fully saturated rings. The molecule has 1 heterocycles. The van der Waals surface area contributed by atoms with Crippen molar-refractivity contribution < 1.29 is 13.5 Å². The maximum atomic E-state index is 11.5.